The first kappa shape index (κ1) is 16.1. The molecule has 112 valence electrons. The van der Waals surface area contributed by atoms with Gasteiger partial charge in [-0.1, -0.05) is 5.21 Å². The highest BCUT2D eigenvalue weighted by molar-refractivity contribution is 5.81. The van der Waals surface area contributed by atoms with Crippen LogP contribution in [-0.2, 0) is 27.4 Å². The third kappa shape index (κ3) is 5.76. The summed E-state index contributed by atoms with van der Waals surface area (Å²) in [7, 11) is 1.59. The number of carbonyl (C=O) groups excluding carboxylic acids is 1. The normalized spacial score (nSPS) is 12.1. The van der Waals surface area contributed by atoms with Crippen LogP contribution in [0.15, 0.2) is 6.20 Å². The number of nitrogens with zero attached hydrogens (tertiary/aromatic N) is 3. The Balaban J connectivity index is 2.33. The Hall–Kier alpha value is -2.00. The average Bonchev–Trinajstić information content (AvgIpc) is 2.82. The molecular weight excluding hydrogens is 266 g/mol. The lowest BCUT2D eigenvalue weighted by Gasteiger charge is -2.10. The molecule has 0 aliphatic carbocycles. The molecule has 1 unspecified atom stereocenters. The molecule has 0 radical (unpaired) electrons. The van der Waals surface area contributed by atoms with Crippen molar-refractivity contribution in [1.29, 1.82) is 0 Å². The fraction of sp³-hybridized carbons (Fsp3) is 0.636. The van der Waals surface area contributed by atoms with E-state index in [1.54, 1.807) is 7.11 Å². The zero-order valence-corrected chi connectivity index (χ0v) is 11.3. The fourth-order valence-electron chi connectivity index (χ4n) is 1.52. The summed E-state index contributed by atoms with van der Waals surface area (Å²) in [5, 5.41) is 18.6. The van der Waals surface area contributed by atoms with Crippen molar-refractivity contribution in [1.82, 2.24) is 20.3 Å². The van der Waals surface area contributed by atoms with E-state index in [4.69, 9.17) is 15.6 Å². The number of amides is 1. The molecule has 1 rings (SSSR count). The van der Waals surface area contributed by atoms with Gasteiger partial charge in [0.25, 0.3) is 0 Å². The molecule has 0 aliphatic rings. The van der Waals surface area contributed by atoms with E-state index in [1.807, 2.05) is 0 Å². The first-order valence-electron chi connectivity index (χ1n) is 6.16. The van der Waals surface area contributed by atoms with E-state index in [1.165, 1.54) is 10.9 Å². The second-order valence-electron chi connectivity index (χ2n) is 4.26. The number of nitrogens with two attached hydrogens (primary N) is 1. The largest absolute Gasteiger partial charge is 0.480 e. The number of rotatable bonds is 9. The van der Waals surface area contributed by atoms with Gasteiger partial charge in [-0.15, -0.1) is 5.10 Å². The maximum atomic E-state index is 11.7. The van der Waals surface area contributed by atoms with Crippen molar-refractivity contribution in [2.75, 3.05) is 13.7 Å². The van der Waals surface area contributed by atoms with Gasteiger partial charge in [0.05, 0.1) is 18.8 Å². The Morgan fingerprint density at radius 1 is 1.60 bits per heavy atom. The summed E-state index contributed by atoms with van der Waals surface area (Å²) < 4.78 is 6.06. The van der Waals surface area contributed by atoms with E-state index in [9.17, 15) is 9.59 Å². The molecule has 1 aromatic heterocycles. The van der Waals surface area contributed by atoms with E-state index < -0.39 is 12.0 Å². The van der Waals surface area contributed by atoms with Crippen LogP contribution in [0.3, 0.4) is 0 Å². The molecule has 0 saturated heterocycles. The molecule has 0 spiro atoms. The molecule has 1 aromatic rings. The third-order valence-electron chi connectivity index (χ3n) is 2.53. The molecule has 0 aromatic carbocycles. The number of carboxylic acid groups (broad SMARTS) is 1. The van der Waals surface area contributed by atoms with Gasteiger partial charge in [-0.05, 0) is 12.8 Å². The Bertz CT molecular complexity index is 448. The van der Waals surface area contributed by atoms with Crippen LogP contribution >= 0.6 is 0 Å². The summed E-state index contributed by atoms with van der Waals surface area (Å²) in [6, 6.07) is -0.598. The van der Waals surface area contributed by atoms with Crippen LogP contribution in [0.4, 0.5) is 0 Å². The molecule has 1 heterocycles. The molecule has 1 atom stereocenters. The van der Waals surface area contributed by atoms with Gasteiger partial charge in [0.2, 0.25) is 5.91 Å². The minimum Gasteiger partial charge on any atom is -0.480 e. The fourth-order valence-corrected chi connectivity index (χ4v) is 1.52. The van der Waals surface area contributed by atoms with Crippen molar-refractivity contribution in [2.24, 2.45) is 5.73 Å². The number of aromatic nitrogens is 3. The van der Waals surface area contributed by atoms with E-state index >= 15 is 0 Å². The van der Waals surface area contributed by atoms with Gasteiger partial charge in [-0.3, -0.25) is 9.59 Å². The topological polar surface area (TPSA) is 132 Å². The summed E-state index contributed by atoms with van der Waals surface area (Å²) >= 11 is 0. The maximum Gasteiger partial charge on any atom is 0.325 e. The number of ether oxygens (including phenoxy) is 1. The van der Waals surface area contributed by atoms with Crippen LogP contribution in [-0.4, -0.2) is 51.7 Å². The van der Waals surface area contributed by atoms with Crippen LogP contribution in [0, 0.1) is 0 Å². The molecular formula is C11H19N5O4. The van der Waals surface area contributed by atoms with Crippen LogP contribution in [0.25, 0.3) is 0 Å². The lowest BCUT2D eigenvalue weighted by atomic mass is 10.1. The Labute approximate surface area is 116 Å². The Morgan fingerprint density at radius 2 is 2.35 bits per heavy atom. The number of hydrogen-bond acceptors (Lipinski definition) is 6. The highest BCUT2D eigenvalue weighted by Crippen LogP contribution is 1.97. The molecule has 0 bridgehead atoms. The van der Waals surface area contributed by atoms with Crippen LogP contribution in [0.2, 0.25) is 0 Å². The van der Waals surface area contributed by atoms with Gasteiger partial charge in [0.1, 0.15) is 12.2 Å². The van der Waals surface area contributed by atoms with Crippen molar-refractivity contribution in [3.63, 3.8) is 0 Å². The van der Waals surface area contributed by atoms with E-state index in [0.29, 0.717) is 25.1 Å². The number of aliphatic carboxylic acids is 1. The van der Waals surface area contributed by atoms with Crippen LogP contribution in [0.1, 0.15) is 18.5 Å². The predicted molar refractivity (Wildman–Crippen MR) is 68.6 cm³/mol. The zero-order chi connectivity index (χ0) is 15.0. The summed E-state index contributed by atoms with van der Waals surface area (Å²) in [5.74, 6) is -1.29. The van der Waals surface area contributed by atoms with Crippen LogP contribution < -0.4 is 11.1 Å². The maximum absolute atomic E-state index is 11.7. The minimum atomic E-state index is -1.01. The lowest BCUT2D eigenvalue weighted by molar-refractivity contribution is -0.138. The van der Waals surface area contributed by atoms with Crippen molar-refractivity contribution in [3.05, 3.63) is 11.9 Å². The molecule has 0 fully saturated rings. The lowest BCUT2D eigenvalue weighted by Crippen LogP contribution is -2.40. The highest BCUT2D eigenvalue weighted by Gasteiger charge is 2.13. The van der Waals surface area contributed by atoms with Gasteiger partial charge >= 0.3 is 5.97 Å². The van der Waals surface area contributed by atoms with E-state index in [0.717, 1.165) is 0 Å². The molecule has 20 heavy (non-hydrogen) atoms. The average molecular weight is 285 g/mol. The van der Waals surface area contributed by atoms with Crippen molar-refractivity contribution in [2.45, 2.75) is 32.0 Å². The van der Waals surface area contributed by atoms with Crippen molar-refractivity contribution < 1.29 is 19.4 Å². The summed E-state index contributed by atoms with van der Waals surface area (Å²) in [4.78, 5) is 22.1. The van der Waals surface area contributed by atoms with Crippen molar-refractivity contribution >= 4 is 11.9 Å². The Kier molecular flexibility index (Phi) is 6.60. The van der Waals surface area contributed by atoms with Gasteiger partial charge in [-0.25, -0.2) is 4.68 Å². The third-order valence-corrected chi connectivity index (χ3v) is 2.53. The van der Waals surface area contributed by atoms with Crippen molar-refractivity contribution in [3.8, 4) is 0 Å². The van der Waals surface area contributed by atoms with E-state index in [-0.39, 0.29) is 19.0 Å². The smallest absolute Gasteiger partial charge is 0.325 e. The minimum absolute atomic E-state index is 0.163. The summed E-state index contributed by atoms with van der Waals surface area (Å²) in [5.41, 5.74) is 6.18. The standard InChI is InChI=1S/C11H19N5O4/c1-20-4-2-3-9(12)11(19)13-5-8-6-16(15-14-8)7-10(17)18/h6,9H,2-5,7,12H2,1H3,(H,13,19)(H,17,18). The van der Waals surface area contributed by atoms with Gasteiger partial charge < -0.3 is 20.9 Å². The number of hydrogen-bond donors (Lipinski definition) is 3. The van der Waals surface area contributed by atoms with Gasteiger partial charge in [-0.2, -0.15) is 0 Å². The van der Waals surface area contributed by atoms with Crippen LogP contribution in [0.5, 0.6) is 0 Å². The molecule has 1 amide bonds. The molecule has 4 N–H and O–H groups in total. The zero-order valence-electron chi connectivity index (χ0n) is 11.3. The number of nitrogens with one attached hydrogen (secondary N) is 1. The second kappa shape index (κ2) is 8.23. The van der Waals surface area contributed by atoms with Gasteiger partial charge in [0, 0.05) is 13.7 Å². The molecule has 0 saturated carbocycles. The number of carbonyl (C=O) groups is 2. The number of methoxy groups -OCH3 is 1. The summed E-state index contributed by atoms with van der Waals surface area (Å²) in [6.45, 7) is 0.457. The van der Waals surface area contributed by atoms with Gasteiger partial charge in [0.15, 0.2) is 0 Å². The molecule has 9 heteroatoms. The molecule has 0 aliphatic heterocycles. The second-order valence-corrected chi connectivity index (χ2v) is 4.26. The quantitative estimate of drug-likeness (QED) is 0.482. The number of carboxylic acids is 1. The molecule has 9 nitrogen and oxygen atoms in total. The SMILES string of the molecule is COCCCC(N)C(=O)NCc1cn(CC(=O)O)nn1. The van der Waals surface area contributed by atoms with E-state index in [2.05, 4.69) is 15.6 Å². The monoisotopic (exact) mass is 285 g/mol. The predicted octanol–water partition coefficient (Wildman–Crippen LogP) is -1.27. The highest BCUT2D eigenvalue weighted by atomic mass is 16.5. The summed E-state index contributed by atoms with van der Waals surface area (Å²) in [6.07, 6.45) is 2.70. The first-order chi connectivity index (χ1) is 9.52. The first-order valence-corrected chi connectivity index (χ1v) is 6.16. The Morgan fingerprint density at radius 3 is 3.00 bits per heavy atom.